The van der Waals surface area contributed by atoms with Crippen molar-refractivity contribution >= 4 is 17.4 Å². The van der Waals surface area contributed by atoms with Crippen molar-refractivity contribution in [3.8, 4) is 11.1 Å². The average molecular weight is 291 g/mol. The molecule has 1 fully saturated rings. The van der Waals surface area contributed by atoms with Gasteiger partial charge >= 0.3 is 0 Å². The van der Waals surface area contributed by atoms with E-state index in [0.29, 0.717) is 17.4 Å². The number of anilines is 1. The number of rotatable bonds is 2. The number of nitrogen functional groups attached to an aromatic ring is 1. The van der Waals surface area contributed by atoms with Crippen molar-refractivity contribution in [3.05, 3.63) is 41.0 Å². The van der Waals surface area contributed by atoms with Crippen molar-refractivity contribution in [3.63, 3.8) is 0 Å². The minimum atomic E-state index is 0.161. The van der Waals surface area contributed by atoms with Crippen molar-refractivity contribution in [1.29, 1.82) is 0 Å². The second-order valence-electron chi connectivity index (χ2n) is 4.72. The van der Waals surface area contributed by atoms with Gasteiger partial charge in [0.25, 0.3) is 0 Å². The Kier molecular flexibility index (Phi) is 3.82. The minimum absolute atomic E-state index is 0.161. The van der Waals surface area contributed by atoms with Crippen LogP contribution < -0.4 is 11.1 Å². The summed E-state index contributed by atoms with van der Waals surface area (Å²) in [6.45, 7) is 2.24. The first-order chi connectivity index (χ1) is 9.72. The minimum Gasteiger partial charge on any atom is -0.382 e. The highest BCUT2D eigenvalue weighted by atomic mass is 35.5. The molecule has 2 aromatic rings. The summed E-state index contributed by atoms with van der Waals surface area (Å²) >= 11 is 6.22. The third-order valence-electron chi connectivity index (χ3n) is 3.25. The van der Waals surface area contributed by atoms with E-state index in [0.717, 1.165) is 29.8 Å². The zero-order valence-electron chi connectivity index (χ0n) is 10.8. The fourth-order valence-corrected chi connectivity index (χ4v) is 2.54. The molecule has 1 aromatic heterocycles. The molecule has 6 heteroatoms. The summed E-state index contributed by atoms with van der Waals surface area (Å²) in [6, 6.07) is 7.87. The van der Waals surface area contributed by atoms with Gasteiger partial charge in [0.05, 0.1) is 25.5 Å². The number of ether oxygens (including phenoxy) is 1. The predicted octanol–water partition coefficient (Wildman–Crippen LogP) is 2.04. The van der Waals surface area contributed by atoms with Crippen LogP contribution in [-0.2, 0) is 4.74 Å². The van der Waals surface area contributed by atoms with E-state index < -0.39 is 0 Å². The highest BCUT2D eigenvalue weighted by Crippen LogP contribution is 2.28. The van der Waals surface area contributed by atoms with E-state index in [1.807, 2.05) is 12.1 Å². The molecule has 0 amide bonds. The van der Waals surface area contributed by atoms with E-state index in [2.05, 4.69) is 21.6 Å². The first-order valence-electron chi connectivity index (χ1n) is 6.42. The van der Waals surface area contributed by atoms with Gasteiger partial charge in [-0.15, -0.1) is 5.10 Å². The Morgan fingerprint density at radius 2 is 2.15 bits per heavy atom. The normalized spacial score (nSPS) is 18.9. The Hall–Kier alpha value is -1.69. The summed E-state index contributed by atoms with van der Waals surface area (Å²) in [5, 5.41) is 11.7. The highest BCUT2D eigenvalue weighted by molar-refractivity contribution is 6.31. The lowest BCUT2D eigenvalue weighted by Crippen LogP contribution is -2.34. The van der Waals surface area contributed by atoms with Crippen molar-refractivity contribution in [2.75, 3.05) is 25.5 Å². The molecule has 2 heterocycles. The van der Waals surface area contributed by atoms with Crippen molar-refractivity contribution in [2.24, 2.45) is 0 Å². The van der Waals surface area contributed by atoms with Crippen LogP contribution in [0.4, 0.5) is 5.82 Å². The molecule has 20 heavy (non-hydrogen) atoms. The van der Waals surface area contributed by atoms with Gasteiger partial charge in [0, 0.05) is 17.1 Å². The fraction of sp³-hybridized carbons (Fsp3) is 0.286. The van der Waals surface area contributed by atoms with Crippen LogP contribution in [0.25, 0.3) is 11.1 Å². The highest BCUT2D eigenvalue weighted by Gasteiger charge is 2.16. The fourth-order valence-electron chi connectivity index (χ4n) is 2.30. The first kappa shape index (κ1) is 13.3. The maximum atomic E-state index is 6.22. The number of hydrogen-bond acceptors (Lipinski definition) is 5. The summed E-state index contributed by atoms with van der Waals surface area (Å²) < 4.78 is 5.49. The molecule has 1 saturated heterocycles. The number of nitrogens with two attached hydrogens (primary N) is 1. The Morgan fingerprint density at radius 3 is 2.90 bits per heavy atom. The number of nitrogens with one attached hydrogen (secondary N) is 1. The molecular weight excluding hydrogens is 276 g/mol. The van der Waals surface area contributed by atoms with Crippen LogP contribution in [0.3, 0.4) is 0 Å². The molecule has 3 rings (SSSR count). The molecule has 1 aromatic carbocycles. The average Bonchev–Trinajstić information content (AvgIpc) is 2.47. The van der Waals surface area contributed by atoms with Crippen molar-refractivity contribution < 1.29 is 4.74 Å². The second kappa shape index (κ2) is 5.75. The third kappa shape index (κ3) is 2.90. The molecule has 0 radical (unpaired) electrons. The molecule has 1 atom stereocenters. The summed E-state index contributed by atoms with van der Waals surface area (Å²) in [5.74, 6) is 0.392. The molecule has 104 valence electrons. The van der Waals surface area contributed by atoms with E-state index in [1.165, 1.54) is 0 Å². The van der Waals surface area contributed by atoms with Gasteiger partial charge in [-0.05, 0) is 35.4 Å². The smallest absolute Gasteiger partial charge is 0.146 e. The van der Waals surface area contributed by atoms with Gasteiger partial charge in [0.1, 0.15) is 5.82 Å². The van der Waals surface area contributed by atoms with Crippen molar-refractivity contribution in [1.82, 2.24) is 15.5 Å². The van der Waals surface area contributed by atoms with Crippen LogP contribution in [0.15, 0.2) is 30.5 Å². The molecule has 3 N–H and O–H groups in total. The Morgan fingerprint density at radius 1 is 1.25 bits per heavy atom. The number of benzene rings is 1. The van der Waals surface area contributed by atoms with E-state index in [4.69, 9.17) is 22.1 Å². The van der Waals surface area contributed by atoms with E-state index >= 15 is 0 Å². The maximum Gasteiger partial charge on any atom is 0.146 e. The van der Waals surface area contributed by atoms with Gasteiger partial charge in [-0.25, -0.2) is 0 Å². The summed E-state index contributed by atoms with van der Waals surface area (Å²) in [6.07, 6.45) is 1.68. The Labute approximate surface area is 122 Å². The lowest BCUT2D eigenvalue weighted by Gasteiger charge is -2.24. The zero-order chi connectivity index (χ0) is 13.9. The Balaban J connectivity index is 1.97. The molecule has 1 aliphatic heterocycles. The summed E-state index contributed by atoms with van der Waals surface area (Å²) in [4.78, 5) is 0. The molecule has 1 unspecified atom stereocenters. The Bertz CT molecular complexity index is 614. The van der Waals surface area contributed by atoms with Crippen LogP contribution in [-0.4, -0.2) is 30.0 Å². The second-order valence-corrected chi connectivity index (χ2v) is 5.16. The molecular formula is C14H15ClN4O. The topological polar surface area (TPSA) is 73.1 Å². The molecule has 0 saturated carbocycles. The number of hydrogen-bond donors (Lipinski definition) is 2. The van der Waals surface area contributed by atoms with E-state index in [1.54, 1.807) is 12.3 Å². The lowest BCUT2D eigenvalue weighted by molar-refractivity contribution is 0.0769. The predicted molar refractivity (Wildman–Crippen MR) is 78.5 cm³/mol. The SMILES string of the molecule is Nc1cc(-c2cc(Cl)cc(C3COCCN3)c2)cnn1. The number of aromatic nitrogens is 2. The largest absolute Gasteiger partial charge is 0.382 e. The number of morpholine rings is 1. The lowest BCUT2D eigenvalue weighted by atomic mass is 10.0. The van der Waals surface area contributed by atoms with Crippen LogP contribution in [0.2, 0.25) is 5.02 Å². The molecule has 1 aliphatic rings. The summed E-state index contributed by atoms with van der Waals surface area (Å²) in [7, 11) is 0. The number of nitrogens with zero attached hydrogens (tertiary/aromatic N) is 2. The molecule has 0 aliphatic carbocycles. The van der Waals surface area contributed by atoms with E-state index in [-0.39, 0.29) is 6.04 Å². The molecule has 0 bridgehead atoms. The molecule has 5 nitrogen and oxygen atoms in total. The monoisotopic (exact) mass is 290 g/mol. The standard InChI is InChI=1S/C14H15ClN4O/c15-12-4-9(11-6-14(16)19-18-7-11)3-10(5-12)13-8-20-2-1-17-13/h3-7,13,17H,1-2,8H2,(H2,16,19). The van der Waals surface area contributed by atoms with Gasteiger partial charge in [-0.3, -0.25) is 0 Å². The number of halogens is 1. The van der Waals surface area contributed by atoms with Gasteiger partial charge in [0.15, 0.2) is 0 Å². The van der Waals surface area contributed by atoms with Crippen LogP contribution in [0.5, 0.6) is 0 Å². The maximum absolute atomic E-state index is 6.22. The summed E-state index contributed by atoms with van der Waals surface area (Å²) in [5.41, 5.74) is 8.65. The van der Waals surface area contributed by atoms with Crippen molar-refractivity contribution in [2.45, 2.75) is 6.04 Å². The molecule has 0 spiro atoms. The van der Waals surface area contributed by atoms with Gasteiger partial charge in [-0.2, -0.15) is 5.10 Å². The van der Waals surface area contributed by atoms with E-state index in [9.17, 15) is 0 Å². The third-order valence-corrected chi connectivity index (χ3v) is 3.47. The first-order valence-corrected chi connectivity index (χ1v) is 6.80. The zero-order valence-corrected chi connectivity index (χ0v) is 11.6. The van der Waals surface area contributed by atoms with Crippen LogP contribution >= 0.6 is 11.6 Å². The van der Waals surface area contributed by atoms with Gasteiger partial charge in [0.2, 0.25) is 0 Å². The quantitative estimate of drug-likeness (QED) is 0.885. The van der Waals surface area contributed by atoms with Gasteiger partial charge < -0.3 is 15.8 Å². The van der Waals surface area contributed by atoms with Crippen LogP contribution in [0, 0.1) is 0 Å². The van der Waals surface area contributed by atoms with Gasteiger partial charge in [-0.1, -0.05) is 11.6 Å². The van der Waals surface area contributed by atoms with Crippen LogP contribution in [0.1, 0.15) is 11.6 Å².